The fourth-order valence-corrected chi connectivity index (χ4v) is 2.72. The summed E-state index contributed by atoms with van der Waals surface area (Å²) in [5, 5.41) is 2.65. The van der Waals surface area contributed by atoms with E-state index in [1.165, 1.54) is 0 Å². The van der Waals surface area contributed by atoms with Crippen LogP contribution in [0.2, 0.25) is 0 Å². The predicted molar refractivity (Wildman–Crippen MR) is 64.2 cm³/mol. The van der Waals surface area contributed by atoms with Crippen LogP contribution in [0, 0.1) is 5.92 Å². The molecule has 1 aliphatic carbocycles. The first-order chi connectivity index (χ1) is 8.09. The van der Waals surface area contributed by atoms with Gasteiger partial charge in [0.2, 0.25) is 5.91 Å². The zero-order valence-corrected chi connectivity index (χ0v) is 10.2. The monoisotopic (exact) mass is 253 g/mol. The molecule has 5 heteroatoms. The maximum Gasteiger partial charge on any atom is 0.223 e. The van der Waals surface area contributed by atoms with Crippen molar-refractivity contribution in [3.8, 4) is 0 Å². The van der Waals surface area contributed by atoms with Crippen molar-refractivity contribution in [1.82, 2.24) is 5.32 Å². The molecule has 0 atom stereocenters. The highest BCUT2D eigenvalue weighted by atomic mass is 32.2. The third-order valence-electron chi connectivity index (χ3n) is 2.72. The van der Waals surface area contributed by atoms with E-state index in [2.05, 4.69) is 5.32 Å². The molecular weight excluding hydrogens is 238 g/mol. The van der Waals surface area contributed by atoms with Crippen molar-refractivity contribution in [1.29, 1.82) is 0 Å². The lowest BCUT2D eigenvalue weighted by atomic mass is 10.4. The van der Waals surface area contributed by atoms with Crippen LogP contribution in [0.5, 0.6) is 0 Å². The summed E-state index contributed by atoms with van der Waals surface area (Å²) in [7, 11) is -3.28. The molecule has 1 aromatic rings. The van der Waals surface area contributed by atoms with E-state index in [0.29, 0.717) is 4.90 Å². The molecule has 0 heterocycles. The SMILES string of the molecule is O=C(NCCS(=O)(=O)c1ccccc1)C1CC1. The minimum Gasteiger partial charge on any atom is -0.355 e. The Hall–Kier alpha value is -1.36. The van der Waals surface area contributed by atoms with Gasteiger partial charge >= 0.3 is 0 Å². The zero-order chi connectivity index (χ0) is 12.3. The summed E-state index contributed by atoms with van der Waals surface area (Å²) >= 11 is 0. The van der Waals surface area contributed by atoms with Gasteiger partial charge in [0.15, 0.2) is 9.84 Å². The smallest absolute Gasteiger partial charge is 0.223 e. The Balaban J connectivity index is 1.87. The summed E-state index contributed by atoms with van der Waals surface area (Å²) in [6.07, 6.45) is 1.86. The van der Waals surface area contributed by atoms with E-state index >= 15 is 0 Å². The number of sulfone groups is 1. The summed E-state index contributed by atoms with van der Waals surface area (Å²) < 4.78 is 23.7. The van der Waals surface area contributed by atoms with Gasteiger partial charge in [-0.05, 0) is 25.0 Å². The quantitative estimate of drug-likeness (QED) is 0.851. The van der Waals surface area contributed by atoms with Gasteiger partial charge in [-0.25, -0.2) is 8.42 Å². The Morgan fingerprint density at radius 1 is 1.24 bits per heavy atom. The van der Waals surface area contributed by atoms with E-state index in [1.54, 1.807) is 30.3 Å². The molecule has 1 amide bonds. The summed E-state index contributed by atoms with van der Waals surface area (Å²) in [4.78, 5) is 11.6. The molecule has 92 valence electrons. The highest BCUT2D eigenvalue weighted by Gasteiger charge is 2.29. The lowest BCUT2D eigenvalue weighted by Gasteiger charge is -2.05. The van der Waals surface area contributed by atoms with Crippen molar-refractivity contribution in [3.63, 3.8) is 0 Å². The van der Waals surface area contributed by atoms with Crippen molar-refractivity contribution in [2.45, 2.75) is 17.7 Å². The number of hydrogen-bond donors (Lipinski definition) is 1. The molecule has 0 aromatic heterocycles. The molecule has 0 aliphatic heterocycles. The summed E-state index contributed by atoms with van der Waals surface area (Å²) in [6.45, 7) is 0.187. The highest BCUT2D eigenvalue weighted by Crippen LogP contribution is 2.28. The Labute approximate surface area is 101 Å². The van der Waals surface area contributed by atoms with E-state index in [1.807, 2.05) is 0 Å². The Morgan fingerprint density at radius 3 is 2.47 bits per heavy atom. The molecular formula is C12H15NO3S. The maximum absolute atomic E-state index is 11.8. The molecule has 0 spiro atoms. The number of carbonyl (C=O) groups is 1. The van der Waals surface area contributed by atoms with Gasteiger partial charge in [0.05, 0.1) is 10.6 Å². The van der Waals surface area contributed by atoms with Crippen molar-refractivity contribution in [3.05, 3.63) is 30.3 Å². The van der Waals surface area contributed by atoms with Gasteiger partial charge in [0.1, 0.15) is 0 Å². The fourth-order valence-electron chi connectivity index (χ4n) is 1.54. The lowest BCUT2D eigenvalue weighted by Crippen LogP contribution is -2.30. The zero-order valence-electron chi connectivity index (χ0n) is 9.43. The van der Waals surface area contributed by atoms with Crippen molar-refractivity contribution in [2.75, 3.05) is 12.3 Å². The molecule has 2 rings (SSSR count). The average molecular weight is 253 g/mol. The Morgan fingerprint density at radius 2 is 1.88 bits per heavy atom. The minimum atomic E-state index is -3.28. The van der Waals surface area contributed by atoms with Gasteiger partial charge in [-0.15, -0.1) is 0 Å². The third kappa shape index (κ3) is 3.30. The molecule has 4 nitrogen and oxygen atoms in total. The molecule has 1 N–H and O–H groups in total. The third-order valence-corrected chi connectivity index (χ3v) is 4.45. The molecule has 0 bridgehead atoms. The van der Waals surface area contributed by atoms with E-state index in [-0.39, 0.29) is 24.1 Å². The molecule has 1 fully saturated rings. The van der Waals surface area contributed by atoms with Crippen molar-refractivity contribution >= 4 is 15.7 Å². The first-order valence-corrected chi connectivity index (χ1v) is 7.30. The summed E-state index contributed by atoms with van der Waals surface area (Å²) in [5.41, 5.74) is 0. The predicted octanol–water partition coefficient (Wildman–Crippen LogP) is 0.986. The van der Waals surface area contributed by atoms with Gasteiger partial charge in [-0.3, -0.25) is 4.79 Å². The second-order valence-electron chi connectivity index (χ2n) is 4.20. The topological polar surface area (TPSA) is 63.2 Å². The van der Waals surface area contributed by atoms with Crippen LogP contribution in [0.4, 0.5) is 0 Å². The lowest BCUT2D eigenvalue weighted by molar-refractivity contribution is -0.122. The molecule has 17 heavy (non-hydrogen) atoms. The Bertz CT molecular complexity index is 492. The number of benzene rings is 1. The first-order valence-electron chi connectivity index (χ1n) is 5.65. The molecule has 0 unspecified atom stereocenters. The van der Waals surface area contributed by atoms with Crippen LogP contribution in [0.25, 0.3) is 0 Å². The van der Waals surface area contributed by atoms with Crippen LogP contribution in [0.3, 0.4) is 0 Å². The van der Waals surface area contributed by atoms with Crippen molar-refractivity contribution < 1.29 is 13.2 Å². The van der Waals surface area contributed by atoms with Crippen molar-refractivity contribution in [2.24, 2.45) is 5.92 Å². The number of hydrogen-bond acceptors (Lipinski definition) is 3. The number of nitrogens with one attached hydrogen (secondary N) is 1. The molecule has 1 saturated carbocycles. The second kappa shape index (κ2) is 4.87. The van der Waals surface area contributed by atoms with Crippen LogP contribution < -0.4 is 5.32 Å². The number of amides is 1. The highest BCUT2D eigenvalue weighted by molar-refractivity contribution is 7.91. The van der Waals surface area contributed by atoms with Gasteiger partial charge in [-0.1, -0.05) is 18.2 Å². The van der Waals surface area contributed by atoms with E-state index in [4.69, 9.17) is 0 Å². The number of rotatable bonds is 5. The molecule has 0 saturated heterocycles. The average Bonchev–Trinajstić information content (AvgIpc) is 3.14. The number of carbonyl (C=O) groups excluding carboxylic acids is 1. The van der Waals surface area contributed by atoms with E-state index < -0.39 is 9.84 Å². The van der Waals surface area contributed by atoms with Crippen LogP contribution in [0.15, 0.2) is 35.2 Å². The normalized spacial score (nSPS) is 15.5. The van der Waals surface area contributed by atoms with Crippen LogP contribution in [-0.2, 0) is 14.6 Å². The molecule has 1 aliphatic rings. The van der Waals surface area contributed by atoms with E-state index in [9.17, 15) is 13.2 Å². The largest absolute Gasteiger partial charge is 0.355 e. The maximum atomic E-state index is 11.8. The summed E-state index contributed by atoms with van der Waals surface area (Å²) in [5.74, 6) is 0.0536. The van der Waals surface area contributed by atoms with Gasteiger partial charge in [0, 0.05) is 12.5 Å². The van der Waals surface area contributed by atoms with Crippen LogP contribution >= 0.6 is 0 Å². The molecule has 1 aromatic carbocycles. The summed E-state index contributed by atoms with van der Waals surface area (Å²) in [6, 6.07) is 8.29. The van der Waals surface area contributed by atoms with Crippen LogP contribution in [-0.4, -0.2) is 26.6 Å². The van der Waals surface area contributed by atoms with Gasteiger partial charge in [0.25, 0.3) is 0 Å². The standard InChI is InChI=1S/C12H15NO3S/c14-12(10-6-7-10)13-8-9-17(15,16)11-4-2-1-3-5-11/h1-5,10H,6-9H2,(H,13,14). The molecule has 0 radical (unpaired) electrons. The second-order valence-corrected chi connectivity index (χ2v) is 6.31. The fraction of sp³-hybridized carbons (Fsp3) is 0.417. The minimum absolute atomic E-state index is 0.0201. The van der Waals surface area contributed by atoms with Gasteiger partial charge < -0.3 is 5.32 Å². The van der Waals surface area contributed by atoms with Gasteiger partial charge in [-0.2, -0.15) is 0 Å². The Kier molecular flexibility index (Phi) is 3.47. The first kappa shape index (κ1) is 12.1. The van der Waals surface area contributed by atoms with Crippen LogP contribution in [0.1, 0.15) is 12.8 Å². The van der Waals surface area contributed by atoms with E-state index in [0.717, 1.165) is 12.8 Å².